The number of aromatic nitrogens is 1. The summed E-state index contributed by atoms with van der Waals surface area (Å²) < 4.78 is 5.45. The lowest BCUT2D eigenvalue weighted by Gasteiger charge is -2.33. The first-order chi connectivity index (χ1) is 14.2. The molecule has 0 aliphatic carbocycles. The molecule has 2 aromatic carbocycles. The van der Waals surface area contributed by atoms with E-state index in [2.05, 4.69) is 16.4 Å². The summed E-state index contributed by atoms with van der Waals surface area (Å²) >= 11 is 0. The van der Waals surface area contributed by atoms with Crippen molar-refractivity contribution in [3.05, 3.63) is 66.4 Å². The lowest BCUT2D eigenvalue weighted by molar-refractivity contribution is -0.126. The van der Waals surface area contributed by atoms with Crippen LogP contribution in [-0.4, -0.2) is 41.0 Å². The zero-order valence-corrected chi connectivity index (χ0v) is 16.3. The predicted molar refractivity (Wildman–Crippen MR) is 112 cm³/mol. The number of rotatable bonds is 5. The standard InChI is InChI=1S/C23H25N3O3/c27-22(24-14-13-17-16-25-20-11-5-4-10-19(17)20)21-12-6-7-15-26(21)23(28)29-18-8-2-1-3-9-18/h1-5,8-11,16,21,25H,6-7,12-15H2,(H,24,27). The molecule has 29 heavy (non-hydrogen) atoms. The molecule has 1 atom stereocenters. The highest BCUT2D eigenvalue weighted by Gasteiger charge is 2.33. The van der Waals surface area contributed by atoms with Gasteiger partial charge >= 0.3 is 6.09 Å². The molecule has 1 saturated heterocycles. The maximum atomic E-state index is 12.8. The molecule has 150 valence electrons. The first kappa shape index (κ1) is 19.1. The summed E-state index contributed by atoms with van der Waals surface area (Å²) in [5.74, 6) is 0.371. The molecule has 2 N–H and O–H groups in total. The Kier molecular flexibility index (Phi) is 5.79. The van der Waals surface area contributed by atoms with Crippen LogP contribution in [0.25, 0.3) is 10.9 Å². The van der Waals surface area contributed by atoms with Gasteiger partial charge in [-0.2, -0.15) is 0 Å². The van der Waals surface area contributed by atoms with Crippen LogP contribution in [0.15, 0.2) is 60.8 Å². The van der Waals surface area contributed by atoms with Crippen molar-refractivity contribution >= 4 is 22.9 Å². The fourth-order valence-electron chi connectivity index (χ4n) is 3.85. The molecule has 1 aliphatic rings. The maximum absolute atomic E-state index is 12.8. The summed E-state index contributed by atoms with van der Waals surface area (Å²) in [6, 6.07) is 16.6. The quantitative estimate of drug-likeness (QED) is 0.693. The minimum absolute atomic E-state index is 0.116. The van der Waals surface area contributed by atoms with Crippen LogP contribution in [0.1, 0.15) is 24.8 Å². The van der Waals surface area contributed by atoms with Crippen molar-refractivity contribution in [2.24, 2.45) is 0 Å². The van der Waals surface area contributed by atoms with Crippen molar-refractivity contribution in [2.45, 2.75) is 31.7 Å². The molecule has 1 unspecified atom stereocenters. The van der Waals surface area contributed by atoms with E-state index in [1.165, 1.54) is 10.9 Å². The lowest BCUT2D eigenvalue weighted by atomic mass is 10.0. The molecule has 2 amide bonds. The fourth-order valence-corrected chi connectivity index (χ4v) is 3.85. The molecule has 1 aliphatic heterocycles. The van der Waals surface area contributed by atoms with Crippen molar-refractivity contribution in [3.63, 3.8) is 0 Å². The van der Waals surface area contributed by atoms with Crippen LogP contribution in [0.2, 0.25) is 0 Å². The lowest BCUT2D eigenvalue weighted by Crippen LogP contribution is -2.53. The summed E-state index contributed by atoms with van der Waals surface area (Å²) in [6.45, 7) is 1.06. The number of benzene rings is 2. The van der Waals surface area contributed by atoms with Gasteiger partial charge < -0.3 is 15.0 Å². The van der Waals surface area contributed by atoms with Crippen molar-refractivity contribution in [1.29, 1.82) is 0 Å². The van der Waals surface area contributed by atoms with Crippen molar-refractivity contribution < 1.29 is 14.3 Å². The summed E-state index contributed by atoms with van der Waals surface area (Å²) in [6.07, 6.45) is 4.71. The summed E-state index contributed by atoms with van der Waals surface area (Å²) in [4.78, 5) is 30.2. The zero-order chi connectivity index (χ0) is 20.1. The van der Waals surface area contributed by atoms with E-state index in [0.29, 0.717) is 25.3 Å². The number of aromatic amines is 1. The Bertz CT molecular complexity index is 983. The molecule has 1 fully saturated rings. The van der Waals surface area contributed by atoms with Crippen molar-refractivity contribution in [1.82, 2.24) is 15.2 Å². The Morgan fingerprint density at radius 1 is 1.07 bits per heavy atom. The molecule has 0 radical (unpaired) electrons. The average Bonchev–Trinajstić information content (AvgIpc) is 3.17. The van der Waals surface area contributed by atoms with Crippen LogP contribution >= 0.6 is 0 Å². The molecule has 0 saturated carbocycles. The van der Waals surface area contributed by atoms with Crippen molar-refractivity contribution in [3.8, 4) is 5.75 Å². The second-order valence-electron chi connectivity index (χ2n) is 7.29. The number of carbonyl (C=O) groups excluding carboxylic acids is 2. The Hall–Kier alpha value is -3.28. The third kappa shape index (κ3) is 4.42. The fraction of sp³-hybridized carbons (Fsp3) is 0.304. The van der Waals surface area contributed by atoms with Gasteiger partial charge in [-0.15, -0.1) is 0 Å². The number of hydrogen-bond acceptors (Lipinski definition) is 3. The van der Waals surface area contributed by atoms with Gasteiger partial charge in [0.15, 0.2) is 0 Å². The van der Waals surface area contributed by atoms with Gasteiger partial charge in [-0.05, 0) is 49.4 Å². The highest BCUT2D eigenvalue weighted by atomic mass is 16.6. The second-order valence-corrected chi connectivity index (χ2v) is 7.29. The van der Waals surface area contributed by atoms with Crippen molar-refractivity contribution in [2.75, 3.05) is 13.1 Å². The number of nitrogens with zero attached hydrogens (tertiary/aromatic N) is 1. The molecular formula is C23H25N3O3. The van der Waals surface area contributed by atoms with E-state index in [-0.39, 0.29) is 5.91 Å². The monoisotopic (exact) mass is 391 g/mol. The third-order valence-electron chi connectivity index (χ3n) is 5.36. The maximum Gasteiger partial charge on any atom is 0.415 e. The smallest absolute Gasteiger partial charge is 0.410 e. The first-order valence-electron chi connectivity index (χ1n) is 10.1. The van der Waals surface area contributed by atoms with Crippen LogP contribution in [-0.2, 0) is 11.2 Å². The van der Waals surface area contributed by atoms with E-state index in [1.54, 1.807) is 17.0 Å². The SMILES string of the molecule is O=C(NCCc1c[nH]c2ccccc12)C1CCCCN1C(=O)Oc1ccccc1. The number of nitrogens with one attached hydrogen (secondary N) is 2. The molecule has 2 heterocycles. The molecule has 4 rings (SSSR count). The van der Waals surface area contributed by atoms with E-state index in [0.717, 1.165) is 24.8 Å². The minimum atomic E-state index is -0.483. The van der Waals surface area contributed by atoms with Gasteiger partial charge in [0, 0.05) is 30.2 Å². The molecule has 6 heteroatoms. The van der Waals surface area contributed by atoms with Gasteiger partial charge in [0.1, 0.15) is 11.8 Å². The number of piperidine rings is 1. The number of para-hydroxylation sites is 2. The van der Waals surface area contributed by atoms with Crippen LogP contribution in [0.3, 0.4) is 0 Å². The Labute approximate surface area is 169 Å². The first-order valence-corrected chi connectivity index (χ1v) is 10.1. The number of carbonyl (C=O) groups is 2. The Balaban J connectivity index is 1.35. The third-order valence-corrected chi connectivity index (χ3v) is 5.36. The van der Waals surface area contributed by atoms with E-state index in [1.807, 2.05) is 42.6 Å². The largest absolute Gasteiger partial charge is 0.415 e. The van der Waals surface area contributed by atoms with Gasteiger partial charge in [-0.25, -0.2) is 4.79 Å². The average molecular weight is 391 g/mol. The second kappa shape index (κ2) is 8.82. The number of fused-ring (bicyclic) bond motifs is 1. The van der Waals surface area contributed by atoms with E-state index >= 15 is 0 Å². The Morgan fingerprint density at radius 2 is 1.86 bits per heavy atom. The predicted octanol–water partition coefficient (Wildman–Crippen LogP) is 3.88. The summed E-state index contributed by atoms with van der Waals surface area (Å²) in [5.41, 5.74) is 2.26. The normalized spacial score (nSPS) is 16.6. The molecule has 0 spiro atoms. The molecular weight excluding hydrogens is 366 g/mol. The minimum Gasteiger partial charge on any atom is -0.410 e. The van der Waals surface area contributed by atoms with Crippen LogP contribution < -0.4 is 10.1 Å². The van der Waals surface area contributed by atoms with Gasteiger partial charge in [0.2, 0.25) is 5.91 Å². The van der Waals surface area contributed by atoms with Gasteiger partial charge in [-0.3, -0.25) is 9.69 Å². The molecule has 6 nitrogen and oxygen atoms in total. The highest BCUT2D eigenvalue weighted by molar-refractivity contribution is 5.86. The van der Waals surface area contributed by atoms with Gasteiger partial charge in [-0.1, -0.05) is 36.4 Å². The molecule has 0 bridgehead atoms. The number of hydrogen-bond donors (Lipinski definition) is 2. The number of ether oxygens (including phenoxy) is 1. The highest BCUT2D eigenvalue weighted by Crippen LogP contribution is 2.21. The molecule has 3 aromatic rings. The van der Waals surface area contributed by atoms with Crippen LogP contribution in [0.5, 0.6) is 5.75 Å². The topological polar surface area (TPSA) is 74.4 Å². The van der Waals surface area contributed by atoms with Gasteiger partial charge in [0.05, 0.1) is 0 Å². The number of likely N-dealkylation sites (tertiary alicyclic amines) is 1. The zero-order valence-electron chi connectivity index (χ0n) is 16.3. The van der Waals surface area contributed by atoms with E-state index in [4.69, 9.17) is 4.74 Å². The van der Waals surface area contributed by atoms with Gasteiger partial charge in [0.25, 0.3) is 0 Å². The van der Waals surface area contributed by atoms with Crippen LogP contribution in [0.4, 0.5) is 4.79 Å². The Morgan fingerprint density at radius 3 is 2.72 bits per heavy atom. The summed E-state index contributed by atoms with van der Waals surface area (Å²) in [7, 11) is 0. The summed E-state index contributed by atoms with van der Waals surface area (Å²) in [5, 5.41) is 4.18. The van der Waals surface area contributed by atoms with E-state index < -0.39 is 12.1 Å². The number of H-pyrrole nitrogens is 1. The molecule has 1 aromatic heterocycles. The van der Waals surface area contributed by atoms with Crippen LogP contribution in [0, 0.1) is 0 Å². The van der Waals surface area contributed by atoms with E-state index in [9.17, 15) is 9.59 Å². The number of amides is 2.